The Hall–Kier alpha value is -0.820. The molecule has 1 heteroatoms. The number of nitrogens with one attached hydrogen (secondary N) is 1. The zero-order chi connectivity index (χ0) is 15.2. The molecule has 1 N–H and O–H groups in total. The topological polar surface area (TPSA) is 12.0 Å². The van der Waals surface area contributed by atoms with Crippen molar-refractivity contribution in [1.29, 1.82) is 0 Å². The van der Waals surface area contributed by atoms with Crippen LogP contribution in [-0.4, -0.2) is 6.54 Å². The van der Waals surface area contributed by atoms with E-state index in [1.165, 1.54) is 55.2 Å². The Morgan fingerprint density at radius 3 is 2.33 bits per heavy atom. The lowest BCUT2D eigenvalue weighted by Gasteiger charge is -2.35. The molecular weight excluding hydrogens is 254 g/mol. The molecule has 0 radical (unpaired) electrons. The molecule has 1 aliphatic carbocycles. The molecule has 0 amide bonds. The highest BCUT2D eigenvalue weighted by Crippen LogP contribution is 2.38. The van der Waals surface area contributed by atoms with Crippen LogP contribution in [0.4, 0.5) is 0 Å². The second-order valence-corrected chi connectivity index (χ2v) is 6.96. The molecule has 21 heavy (non-hydrogen) atoms. The van der Waals surface area contributed by atoms with Gasteiger partial charge in [0, 0.05) is 6.04 Å². The van der Waals surface area contributed by atoms with Crippen molar-refractivity contribution in [3.8, 4) is 0 Å². The summed E-state index contributed by atoms with van der Waals surface area (Å²) in [5, 5.41) is 3.83. The fourth-order valence-electron chi connectivity index (χ4n) is 3.74. The average molecular weight is 287 g/mol. The maximum atomic E-state index is 3.83. The molecule has 0 bridgehead atoms. The summed E-state index contributed by atoms with van der Waals surface area (Å²) in [5.41, 5.74) is 4.34. The van der Waals surface area contributed by atoms with Gasteiger partial charge in [0.1, 0.15) is 0 Å². The molecule has 1 fully saturated rings. The van der Waals surface area contributed by atoms with E-state index < -0.39 is 0 Å². The van der Waals surface area contributed by atoms with Crippen LogP contribution in [0.5, 0.6) is 0 Å². The van der Waals surface area contributed by atoms with Gasteiger partial charge >= 0.3 is 0 Å². The third kappa shape index (κ3) is 4.32. The quantitative estimate of drug-likeness (QED) is 0.722. The molecule has 1 atom stereocenters. The normalized spacial score (nSPS) is 24.0. The van der Waals surface area contributed by atoms with Crippen LogP contribution < -0.4 is 5.32 Å². The van der Waals surface area contributed by atoms with Crippen LogP contribution in [0.1, 0.15) is 75.1 Å². The van der Waals surface area contributed by atoms with Gasteiger partial charge < -0.3 is 5.32 Å². The van der Waals surface area contributed by atoms with E-state index in [-0.39, 0.29) is 0 Å². The van der Waals surface area contributed by atoms with Gasteiger partial charge in [-0.15, -0.1) is 0 Å². The summed E-state index contributed by atoms with van der Waals surface area (Å²) in [6.45, 7) is 10.2. The third-order valence-electron chi connectivity index (χ3n) is 5.44. The largest absolute Gasteiger partial charge is 0.310 e. The SMILES string of the molecule is CCCNC(c1ccc(C)c(C)c1)C1CCC(CC)CC1. The van der Waals surface area contributed by atoms with Crippen molar-refractivity contribution in [3.63, 3.8) is 0 Å². The molecule has 0 spiro atoms. The molecule has 0 saturated heterocycles. The van der Waals surface area contributed by atoms with E-state index in [4.69, 9.17) is 0 Å². The monoisotopic (exact) mass is 287 g/mol. The Morgan fingerprint density at radius 2 is 1.76 bits per heavy atom. The first kappa shape index (κ1) is 16.5. The highest BCUT2D eigenvalue weighted by molar-refractivity contribution is 5.32. The zero-order valence-electron chi connectivity index (χ0n) is 14.4. The first-order chi connectivity index (χ1) is 10.2. The first-order valence-electron chi connectivity index (χ1n) is 8.96. The summed E-state index contributed by atoms with van der Waals surface area (Å²) < 4.78 is 0. The summed E-state index contributed by atoms with van der Waals surface area (Å²) in [4.78, 5) is 0. The molecule has 1 aromatic carbocycles. The Bertz CT molecular complexity index is 429. The third-order valence-corrected chi connectivity index (χ3v) is 5.44. The van der Waals surface area contributed by atoms with Crippen molar-refractivity contribution in [2.24, 2.45) is 11.8 Å². The summed E-state index contributed by atoms with van der Waals surface area (Å²) in [6, 6.07) is 7.61. The van der Waals surface area contributed by atoms with Gasteiger partial charge in [-0.3, -0.25) is 0 Å². The summed E-state index contributed by atoms with van der Waals surface area (Å²) in [5.74, 6) is 1.80. The molecule has 1 unspecified atom stereocenters. The molecule has 1 saturated carbocycles. The standard InChI is InChI=1S/C20H33N/c1-5-13-21-20(18-11-8-17(6-2)9-12-18)19-10-7-15(3)16(4)14-19/h7,10,14,17-18,20-21H,5-6,8-9,11-13H2,1-4H3. The van der Waals surface area contributed by atoms with Gasteiger partial charge in [0.25, 0.3) is 0 Å². The Balaban J connectivity index is 2.12. The molecule has 1 aromatic rings. The van der Waals surface area contributed by atoms with Crippen LogP contribution in [0.15, 0.2) is 18.2 Å². The van der Waals surface area contributed by atoms with Crippen molar-refractivity contribution < 1.29 is 0 Å². The molecule has 0 heterocycles. The minimum absolute atomic E-state index is 0.557. The Labute approximate surface area is 131 Å². The number of aryl methyl sites for hydroxylation is 2. The molecule has 1 nitrogen and oxygen atoms in total. The van der Waals surface area contributed by atoms with Crippen LogP contribution in [0.2, 0.25) is 0 Å². The summed E-state index contributed by atoms with van der Waals surface area (Å²) in [7, 11) is 0. The Kier molecular flexibility index (Phi) is 6.29. The van der Waals surface area contributed by atoms with Gasteiger partial charge in [0.05, 0.1) is 0 Å². The number of hydrogen-bond donors (Lipinski definition) is 1. The maximum absolute atomic E-state index is 3.83. The second kappa shape index (κ2) is 7.98. The lowest BCUT2D eigenvalue weighted by molar-refractivity contribution is 0.218. The van der Waals surface area contributed by atoms with Gasteiger partial charge in [-0.05, 0) is 68.2 Å². The van der Waals surface area contributed by atoms with Gasteiger partial charge in [-0.25, -0.2) is 0 Å². The lowest BCUT2D eigenvalue weighted by atomic mass is 9.75. The van der Waals surface area contributed by atoms with Crippen molar-refractivity contribution in [1.82, 2.24) is 5.32 Å². The summed E-state index contributed by atoms with van der Waals surface area (Å²) in [6.07, 6.45) is 8.22. The second-order valence-electron chi connectivity index (χ2n) is 6.96. The number of hydrogen-bond acceptors (Lipinski definition) is 1. The van der Waals surface area contributed by atoms with E-state index in [1.807, 2.05) is 0 Å². The first-order valence-corrected chi connectivity index (χ1v) is 8.96. The van der Waals surface area contributed by atoms with E-state index in [9.17, 15) is 0 Å². The van der Waals surface area contributed by atoms with E-state index in [2.05, 4.69) is 51.2 Å². The van der Waals surface area contributed by atoms with Crippen LogP contribution in [-0.2, 0) is 0 Å². The number of benzene rings is 1. The molecular formula is C20H33N. The van der Waals surface area contributed by atoms with Crippen molar-refractivity contribution in [2.45, 2.75) is 72.3 Å². The zero-order valence-corrected chi connectivity index (χ0v) is 14.4. The smallest absolute Gasteiger partial charge is 0.0348 e. The molecule has 2 rings (SSSR count). The van der Waals surface area contributed by atoms with Crippen LogP contribution in [0.25, 0.3) is 0 Å². The average Bonchev–Trinajstić information content (AvgIpc) is 2.51. The summed E-state index contributed by atoms with van der Waals surface area (Å²) >= 11 is 0. The molecule has 118 valence electrons. The van der Waals surface area contributed by atoms with Crippen molar-refractivity contribution in [2.75, 3.05) is 6.54 Å². The van der Waals surface area contributed by atoms with Gasteiger partial charge in [-0.2, -0.15) is 0 Å². The lowest BCUT2D eigenvalue weighted by Crippen LogP contribution is -2.31. The molecule has 1 aliphatic rings. The van der Waals surface area contributed by atoms with E-state index in [1.54, 1.807) is 0 Å². The minimum atomic E-state index is 0.557. The Morgan fingerprint density at radius 1 is 1.05 bits per heavy atom. The fraction of sp³-hybridized carbons (Fsp3) is 0.700. The number of rotatable bonds is 6. The molecule has 0 aromatic heterocycles. The van der Waals surface area contributed by atoms with Crippen LogP contribution >= 0.6 is 0 Å². The van der Waals surface area contributed by atoms with Gasteiger partial charge in [0.2, 0.25) is 0 Å². The highest BCUT2D eigenvalue weighted by atomic mass is 14.9. The predicted molar refractivity (Wildman–Crippen MR) is 92.7 cm³/mol. The van der Waals surface area contributed by atoms with Crippen molar-refractivity contribution >= 4 is 0 Å². The van der Waals surface area contributed by atoms with E-state index in [0.717, 1.165) is 18.4 Å². The van der Waals surface area contributed by atoms with Gasteiger partial charge in [-0.1, -0.05) is 51.3 Å². The van der Waals surface area contributed by atoms with Crippen molar-refractivity contribution in [3.05, 3.63) is 34.9 Å². The maximum Gasteiger partial charge on any atom is 0.0348 e. The highest BCUT2D eigenvalue weighted by Gasteiger charge is 2.27. The van der Waals surface area contributed by atoms with Gasteiger partial charge in [0.15, 0.2) is 0 Å². The minimum Gasteiger partial charge on any atom is -0.310 e. The van der Waals surface area contributed by atoms with Crippen LogP contribution in [0.3, 0.4) is 0 Å². The predicted octanol–water partition coefficient (Wildman–Crippen LogP) is 5.56. The fourth-order valence-corrected chi connectivity index (χ4v) is 3.74. The van der Waals surface area contributed by atoms with Crippen LogP contribution in [0, 0.1) is 25.7 Å². The van der Waals surface area contributed by atoms with E-state index >= 15 is 0 Å². The molecule has 0 aliphatic heterocycles. The van der Waals surface area contributed by atoms with E-state index in [0.29, 0.717) is 6.04 Å².